The van der Waals surface area contributed by atoms with Crippen molar-refractivity contribution in [1.29, 1.82) is 5.41 Å². The van der Waals surface area contributed by atoms with Gasteiger partial charge in [0.05, 0.1) is 17.8 Å². The summed E-state index contributed by atoms with van der Waals surface area (Å²) in [4.78, 5) is 17.7. The Morgan fingerprint density at radius 3 is 2.68 bits per heavy atom. The average molecular weight is 437 g/mol. The molecule has 0 atom stereocenters. The number of benzene rings is 1. The highest BCUT2D eigenvalue weighted by Gasteiger charge is 2.29. The first-order chi connectivity index (χ1) is 14.7. The summed E-state index contributed by atoms with van der Waals surface area (Å²) in [5, 5.41) is 13.1. The van der Waals surface area contributed by atoms with Crippen LogP contribution in [0.5, 0.6) is 5.75 Å². The number of nitrogens with zero attached hydrogens (tertiary/aromatic N) is 2. The van der Waals surface area contributed by atoms with E-state index in [0.717, 1.165) is 18.3 Å². The highest BCUT2D eigenvalue weighted by atomic mass is 19.4. The van der Waals surface area contributed by atoms with E-state index in [9.17, 15) is 22.4 Å². The second kappa shape index (κ2) is 9.02. The summed E-state index contributed by atoms with van der Waals surface area (Å²) >= 11 is 0. The van der Waals surface area contributed by atoms with E-state index in [1.54, 1.807) is 12.1 Å². The number of aromatic nitrogens is 1. The molecule has 3 rings (SSSR count). The number of carbonyl (C=O) groups excluding carboxylic acids is 1. The molecule has 7 nitrogen and oxygen atoms in total. The van der Waals surface area contributed by atoms with Gasteiger partial charge in [-0.05, 0) is 24.3 Å². The van der Waals surface area contributed by atoms with E-state index in [0.29, 0.717) is 29.2 Å². The number of hydrogen-bond acceptors (Lipinski definition) is 6. The topological polar surface area (TPSA) is 90.3 Å². The molecular weight excluding hydrogens is 418 g/mol. The first kappa shape index (κ1) is 22.1. The Labute approximate surface area is 175 Å². The van der Waals surface area contributed by atoms with Crippen molar-refractivity contribution in [3.8, 4) is 5.75 Å². The number of ether oxygens (including phenoxy) is 1. The van der Waals surface area contributed by atoms with Crippen LogP contribution in [-0.4, -0.2) is 50.0 Å². The number of nitrogens with one attached hydrogen (secondary N) is 3. The van der Waals surface area contributed by atoms with Crippen LogP contribution in [0.4, 0.5) is 29.1 Å². The third kappa shape index (κ3) is 5.50. The van der Waals surface area contributed by atoms with Crippen LogP contribution in [0.2, 0.25) is 0 Å². The molecule has 2 heterocycles. The van der Waals surface area contributed by atoms with Crippen LogP contribution in [0.25, 0.3) is 0 Å². The minimum Gasteiger partial charge on any atom is -0.482 e. The monoisotopic (exact) mass is 437 g/mol. The smallest absolute Gasteiger partial charge is 0.422 e. The Morgan fingerprint density at radius 1 is 1.29 bits per heavy atom. The zero-order chi connectivity index (χ0) is 22.6. The third-order valence-corrected chi connectivity index (χ3v) is 4.45. The van der Waals surface area contributed by atoms with E-state index in [2.05, 4.69) is 15.6 Å². The van der Waals surface area contributed by atoms with Crippen LogP contribution in [-0.2, 0) is 0 Å². The molecule has 1 aliphatic rings. The van der Waals surface area contributed by atoms with Gasteiger partial charge in [0.1, 0.15) is 17.4 Å². The van der Waals surface area contributed by atoms with Crippen LogP contribution in [0.15, 0.2) is 47.8 Å². The lowest BCUT2D eigenvalue weighted by Gasteiger charge is -2.19. The summed E-state index contributed by atoms with van der Waals surface area (Å²) in [6, 6.07) is 6.50. The van der Waals surface area contributed by atoms with Crippen LogP contribution in [0.1, 0.15) is 10.4 Å². The van der Waals surface area contributed by atoms with Gasteiger partial charge >= 0.3 is 6.18 Å². The second-order valence-electron chi connectivity index (χ2n) is 6.66. The molecule has 0 radical (unpaired) electrons. The normalized spacial score (nSPS) is 13.9. The number of amides is 1. The largest absolute Gasteiger partial charge is 0.482 e. The van der Waals surface area contributed by atoms with E-state index >= 15 is 0 Å². The maximum absolute atomic E-state index is 13.5. The van der Waals surface area contributed by atoms with E-state index < -0.39 is 18.6 Å². The summed E-state index contributed by atoms with van der Waals surface area (Å²) in [6.07, 6.45) is -2.02. The highest BCUT2D eigenvalue weighted by molar-refractivity contribution is 5.93. The number of hydrogen-bond donors (Lipinski definition) is 3. The van der Waals surface area contributed by atoms with Crippen molar-refractivity contribution < 1.29 is 27.1 Å². The number of halogens is 4. The lowest BCUT2D eigenvalue weighted by atomic mass is 10.2. The van der Waals surface area contributed by atoms with Crippen molar-refractivity contribution in [2.45, 2.75) is 6.18 Å². The number of anilines is 2. The Morgan fingerprint density at radius 2 is 2.06 bits per heavy atom. The lowest BCUT2D eigenvalue weighted by molar-refractivity contribution is -0.153. The van der Waals surface area contributed by atoms with Gasteiger partial charge in [0.15, 0.2) is 6.61 Å². The van der Waals surface area contributed by atoms with Gasteiger partial charge in [0.25, 0.3) is 5.91 Å². The minimum atomic E-state index is -4.57. The van der Waals surface area contributed by atoms with E-state index in [1.165, 1.54) is 19.3 Å². The predicted molar refractivity (Wildman–Crippen MR) is 107 cm³/mol. The van der Waals surface area contributed by atoms with Crippen LogP contribution < -0.4 is 20.3 Å². The van der Waals surface area contributed by atoms with Gasteiger partial charge < -0.3 is 25.7 Å². The molecule has 1 aromatic carbocycles. The maximum Gasteiger partial charge on any atom is 0.422 e. The third-order valence-electron chi connectivity index (χ3n) is 4.45. The van der Waals surface area contributed by atoms with Gasteiger partial charge in [-0.2, -0.15) is 13.2 Å². The summed E-state index contributed by atoms with van der Waals surface area (Å²) in [6.45, 7) is -0.972. The summed E-state index contributed by atoms with van der Waals surface area (Å²) < 4.78 is 55.8. The molecule has 1 aliphatic heterocycles. The summed E-state index contributed by atoms with van der Waals surface area (Å²) in [5.41, 5.74) is 1.64. The first-order valence-corrected chi connectivity index (χ1v) is 9.12. The Balaban J connectivity index is 1.77. The van der Waals surface area contributed by atoms with Gasteiger partial charge in [-0.15, -0.1) is 0 Å². The van der Waals surface area contributed by atoms with Crippen molar-refractivity contribution in [2.75, 3.05) is 37.0 Å². The fraction of sp³-hybridized carbons (Fsp3) is 0.250. The Hall–Kier alpha value is -3.63. The molecule has 0 saturated carbocycles. The highest BCUT2D eigenvalue weighted by Crippen LogP contribution is 2.31. The zero-order valence-corrected chi connectivity index (χ0v) is 16.4. The fourth-order valence-corrected chi connectivity index (χ4v) is 2.96. The van der Waals surface area contributed by atoms with E-state index in [-0.39, 0.29) is 23.9 Å². The molecule has 0 spiro atoms. The molecule has 0 saturated heterocycles. The summed E-state index contributed by atoms with van der Waals surface area (Å²) in [7, 11) is 1.51. The second-order valence-corrected chi connectivity index (χ2v) is 6.66. The van der Waals surface area contributed by atoms with Gasteiger partial charge in [-0.25, -0.2) is 9.37 Å². The molecule has 0 bridgehead atoms. The van der Waals surface area contributed by atoms with Crippen molar-refractivity contribution in [3.05, 3.63) is 59.2 Å². The number of rotatable bonds is 7. The van der Waals surface area contributed by atoms with Gasteiger partial charge in [0.2, 0.25) is 0 Å². The predicted octanol–water partition coefficient (Wildman–Crippen LogP) is 3.36. The van der Waals surface area contributed by atoms with Crippen LogP contribution >= 0.6 is 0 Å². The molecule has 1 amide bonds. The standard InChI is InChI=1S/C20H19F4N5O2/c1-26-19(30)12-2-5-18(27-8-12)29-9-13(7-25)16(10-29)28-15-4-3-14(21)6-17(15)31-11-20(22,23)24/h2-8,25,28H,9-11H2,1H3,(H,26,30). The van der Waals surface area contributed by atoms with Crippen molar-refractivity contribution in [2.24, 2.45) is 0 Å². The molecule has 0 aliphatic carbocycles. The number of carbonyl (C=O) groups is 1. The molecule has 0 unspecified atom stereocenters. The lowest BCUT2D eigenvalue weighted by Crippen LogP contribution is -2.24. The molecule has 0 fully saturated rings. The Bertz CT molecular complexity index is 1010. The van der Waals surface area contributed by atoms with E-state index in [4.69, 9.17) is 10.1 Å². The van der Waals surface area contributed by atoms with Crippen molar-refractivity contribution >= 4 is 23.6 Å². The minimum absolute atomic E-state index is 0.143. The van der Waals surface area contributed by atoms with Crippen LogP contribution in [0, 0.1) is 11.2 Å². The van der Waals surface area contributed by atoms with Crippen molar-refractivity contribution in [3.63, 3.8) is 0 Å². The number of pyridine rings is 1. The molecule has 164 valence electrons. The van der Waals surface area contributed by atoms with Crippen LogP contribution in [0.3, 0.4) is 0 Å². The number of alkyl halides is 3. The van der Waals surface area contributed by atoms with Gasteiger partial charge in [-0.1, -0.05) is 0 Å². The van der Waals surface area contributed by atoms with E-state index in [1.807, 2.05) is 4.90 Å². The molecule has 1 aromatic heterocycles. The molecular formula is C20H19F4N5O2. The molecule has 3 N–H and O–H groups in total. The van der Waals surface area contributed by atoms with Crippen molar-refractivity contribution in [1.82, 2.24) is 10.3 Å². The average Bonchev–Trinajstić information content (AvgIpc) is 3.15. The van der Waals surface area contributed by atoms with Gasteiger partial charge in [-0.3, -0.25) is 4.79 Å². The molecule has 31 heavy (non-hydrogen) atoms. The zero-order valence-electron chi connectivity index (χ0n) is 16.4. The first-order valence-electron chi connectivity index (χ1n) is 9.12. The SMILES string of the molecule is CNC(=O)c1ccc(N2CC(C=N)=C(Nc3ccc(F)cc3OCC(F)(F)F)C2)nc1. The molecule has 11 heteroatoms. The van der Waals surface area contributed by atoms with Gasteiger partial charge in [0, 0.05) is 43.3 Å². The quantitative estimate of drug-likeness (QED) is 0.457. The summed E-state index contributed by atoms with van der Waals surface area (Å²) in [5.74, 6) is -0.751. The Kier molecular flexibility index (Phi) is 6.42. The fourth-order valence-electron chi connectivity index (χ4n) is 2.96. The maximum atomic E-state index is 13.5. The molecule has 2 aromatic rings.